The second-order valence-corrected chi connectivity index (χ2v) is 3.15. The van der Waals surface area contributed by atoms with Gasteiger partial charge in [0.05, 0.1) is 0 Å². The molecule has 0 saturated carbocycles. The Balaban J connectivity index is 4.87. The van der Waals surface area contributed by atoms with Crippen LogP contribution in [0.2, 0.25) is 0 Å². The van der Waals surface area contributed by atoms with Crippen molar-refractivity contribution in [1.82, 2.24) is 0 Å². The summed E-state index contributed by atoms with van der Waals surface area (Å²) >= 11 is 0. The van der Waals surface area contributed by atoms with Gasteiger partial charge >= 0.3 is 5.97 Å². The minimum Gasteiger partial charge on any atom is -0.346 e. The van der Waals surface area contributed by atoms with Crippen molar-refractivity contribution in [3.05, 3.63) is 0 Å². The van der Waals surface area contributed by atoms with Crippen molar-refractivity contribution >= 4 is 0 Å². The third kappa shape index (κ3) is 5.31. The molecule has 0 aromatic heterocycles. The highest BCUT2D eigenvalue weighted by atomic mass is 16.9. The van der Waals surface area contributed by atoms with Crippen molar-refractivity contribution in [2.75, 3.05) is 33.0 Å². The second-order valence-electron chi connectivity index (χ2n) is 3.15. The van der Waals surface area contributed by atoms with Crippen LogP contribution >= 0.6 is 0 Å². The van der Waals surface area contributed by atoms with Crippen LogP contribution in [0.25, 0.3) is 0 Å². The van der Waals surface area contributed by atoms with Gasteiger partial charge in [-0.05, 0) is 34.6 Å². The van der Waals surface area contributed by atoms with E-state index in [0.717, 1.165) is 0 Å². The summed E-state index contributed by atoms with van der Waals surface area (Å²) in [6.07, 6.45) is -0.683. The molecule has 0 spiro atoms. The Labute approximate surface area is 104 Å². The number of rotatable bonds is 11. The molecular weight excluding hydrogens is 224 g/mol. The first-order chi connectivity index (χ1) is 8.20. The summed E-state index contributed by atoms with van der Waals surface area (Å²) in [6, 6.07) is 0. The molecule has 0 radical (unpaired) electrons. The van der Waals surface area contributed by atoms with Crippen LogP contribution in [0.15, 0.2) is 0 Å². The Bertz CT molecular complexity index is 151. The van der Waals surface area contributed by atoms with E-state index in [2.05, 4.69) is 0 Å². The van der Waals surface area contributed by atoms with Crippen molar-refractivity contribution < 1.29 is 23.7 Å². The van der Waals surface area contributed by atoms with Crippen molar-refractivity contribution in [3.63, 3.8) is 0 Å². The van der Waals surface area contributed by atoms with Crippen LogP contribution in [0, 0.1) is 0 Å². The maximum absolute atomic E-state index is 5.58. The number of hydrogen-bond acceptors (Lipinski definition) is 5. The van der Waals surface area contributed by atoms with Gasteiger partial charge in [0.25, 0.3) is 0 Å². The lowest BCUT2D eigenvalue weighted by Crippen LogP contribution is -2.52. The van der Waals surface area contributed by atoms with Gasteiger partial charge in [-0.1, -0.05) is 0 Å². The number of ether oxygens (including phenoxy) is 5. The van der Waals surface area contributed by atoms with Gasteiger partial charge in [0, 0.05) is 33.0 Å². The van der Waals surface area contributed by atoms with E-state index < -0.39 is 12.3 Å². The minimum absolute atomic E-state index is 0.455. The fourth-order valence-corrected chi connectivity index (χ4v) is 1.49. The van der Waals surface area contributed by atoms with E-state index in [4.69, 9.17) is 23.7 Å². The summed E-state index contributed by atoms with van der Waals surface area (Å²) in [4.78, 5) is 0. The minimum atomic E-state index is -1.27. The van der Waals surface area contributed by atoms with E-state index in [1.807, 2.05) is 34.6 Å². The topological polar surface area (TPSA) is 46.2 Å². The smallest absolute Gasteiger partial charge is 0.337 e. The Morgan fingerprint density at radius 1 is 0.647 bits per heavy atom. The van der Waals surface area contributed by atoms with Gasteiger partial charge < -0.3 is 23.7 Å². The van der Waals surface area contributed by atoms with E-state index >= 15 is 0 Å². The Morgan fingerprint density at radius 2 is 1.00 bits per heavy atom. The highest BCUT2D eigenvalue weighted by Crippen LogP contribution is 2.24. The lowest BCUT2D eigenvalue weighted by Gasteiger charge is -2.37. The molecule has 0 N–H and O–H groups in total. The predicted octanol–water partition coefficient (Wildman–Crippen LogP) is 2.15. The maximum Gasteiger partial charge on any atom is 0.337 e. The molecule has 5 nitrogen and oxygen atoms in total. The molecule has 0 bridgehead atoms. The van der Waals surface area contributed by atoms with E-state index in [-0.39, 0.29) is 0 Å². The molecule has 17 heavy (non-hydrogen) atoms. The average Bonchev–Trinajstić information content (AvgIpc) is 2.29. The first-order valence-electron chi connectivity index (χ1n) is 6.35. The van der Waals surface area contributed by atoms with Crippen molar-refractivity contribution in [2.45, 2.75) is 46.9 Å². The highest BCUT2D eigenvalue weighted by Gasteiger charge is 2.44. The Kier molecular flexibility index (Phi) is 9.68. The average molecular weight is 250 g/mol. The molecule has 0 unspecified atom stereocenters. The summed E-state index contributed by atoms with van der Waals surface area (Å²) in [6.45, 7) is 11.8. The van der Waals surface area contributed by atoms with Gasteiger partial charge in [-0.25, -0.2) is 0 Å². The molecule has 0 aliphatic rings. The second kappa shape index (κ2) is 9.79. The monoisotopic (exact) mass is 250 g/mol. The van der Waals surface area contributed by atoms with Crippen LogP contribution in [0.3, 0.4) is 0 Å². The normalized spacial score (nSPS) is 12.4. The van der Waals surface area contributed by atoms with Gasteiger partial charge in [-0.3, -0.25) is 0 Å². The maximum atomic E-state index is 5.58. The fourth-order valence-electron chi connectivity index (χ4n) is 1.49. The molecule has 0 aromatic rings. The third-order valence-electron chi connectivity index (χ3n) is 1.96. The van der Waals surface area contributed by atoms with Crippen molar-refractivity contribution in [3.8, 4) is 0 Å². The molecule has 104 valence electrons. The Hall–Kier alpha value is -0.200. The van der Waals surface area contributed by atoms with Crippen LogP contribution < -0.4 is 0 Å². The molecule has 0 aromatic carbocycles. The third-order valence-corrected chi connectivity index (χ3v) is 1.96. The van der Waals surface area contributed by atoms with E-state index in [0.29, 0.717) is 33.0 Å². The molecule has 0 atom stereocenters. The zero-order valence-corrected chi connectivity index (χ0v) is 11.7. The molecule has 0 aliphatic heterocycles. The molecular formula is C12H26O5. The molecule has 0 rings (SSSR count). The van der Waals surface area contributed by atoms with Crippen LogP contribution in [-0.4, -0.2) is 45.3 Å². The zero-order valence-electron chi connectivity index (χ0n) is 11.7. The summed E-state index contributed by atoms with van der Waals surface area (Å²) in [5.74, 6) is -1.27. The largest absolute Gasteiger partial charge is 0.346 e. The van der Waals surface area contributed by atoms with Crippen molar-refractivity contribution in [2.24, 2.45) is 0 Å². The molecule has 0 heterocycles. The van der Waals surface area contributed by atoms with E-state index in [1.54, 1.807) is 0 Å². The summed E-state index contributed by atoms with van der Waals surface area (Å²) < 4.78 is 27.8. The number of hydrogen-bond donors (Lipinski definition) is 0. The molecule has 0 saturated heterocycles. The summed E-state index contributed by atoms with van der Waals surface area (Å²) in [5, 5.41) is 0. The van der Waals surface area contributed by atoms with Crippen molar-refractivity contribution in [1.29, 1.82) is 0 Å². The molecule has 5 heteroatoms. The quantitative estimate of drug-likeness (QED) is 0.526. The van der Waals surface area contributed by atoms with Crippen LogP contribution in [0.5, 0.6) is 0 Å². The molecule has 0 aliphatic carbocycles. The van der Waals surface area contributed by atoms with E-state index in [1.165, 1.54) is 0 Å². The fraction of sp³-hybridized carbons (Fsp3) is 1.00. The zero-order chi connectivity index (χ0) is 13.1. The van der Waals surface area contributed by atoms with Gasteiger partial charge in [0.2, 0.25) is 6.29 Å². The SMILES string of the molecule is CCOC(OCC)C(OCC)(OCC)OCC. The lowest BCUT2D eigenvalue weighted by molar-refractivity contribution is -0.453. The van der Waals surface area contributed by atoms with Gasteiger partial charge in [0.1, 0.15) is 0 Å². The summed E-state index contributed by atoms with van der Waals surface area (Å²) in [7, 11) is 0. The van der Waals surface area contributed by atoms with Crippen LogP contribution in [-0.2, 0) is 23.7 Å². The highest BCUT2D eigenvalue weighted by molar-refractivity contribution is 4.64. The molecule has 0 fully saturated rings. The van der Waals surface area contributed by atoms with Gasteiger partial charge in [-0.15, -0.1) is 0 Å². The van der Waals surface area contributed by atoms with E-state index in [9.17, 15) is 0 Å². The standard InChI is InChI=1S/C12H26O5/c1-6-13-11(14-7-2)12(15-8-3,16-9-4)17-10-5/h11H,6-10H2,1-5H3. The van der Waals surface area contributed by atoms with Gasteiger partial charge in [-0.2, -0.15) is 0 Å². The molecule has 0 amide bonds. The van der Waals surface area contributed by atoms with Crippen LogP contribution in [0.4, 0.5) is 0 Å². The first-order valence-corrected chi connectivity index (χ1v) is 6.35. The van der Waals surface area contributed by atoms with Gasteiger partial charge in [0.15, 0.2) is 0 Å². The van der Waals surface area contributed by atoms with Crippen LogP contribution in [0.1, 0.15) is 34.6 Å². The Morgan fingerprint density at radius 3 is 1.24 bits per heavy atom. The summed E-state index contributed by atoms with van der Waals surface area (Å²) in [5.41, 5.74) is 0. The predicted molar refractivity (Wildman–Crippen MR) is 64.6 cm³/mol. The first kappa shape index (κ1) is 16.8. The lowest BCUT2D eigenvalue weighted by atomic mass is 10.4.